The minimum atomic E-state index is -0.435. The quantitative estimate of drug-likeness (QED) is 0.0201. The third kappa shape index (κ3) is 26.4. The van der Waals surface area contributed by atoms with Crippen LogP contribution in [-0.2, 0) is 37.9 Å². The van der Waals surface area contributed by atoms with Gasteiger partial charge in [0.25, 0.3) is 0 Å². The first-order valence-corrected chi connectivity index (χ1v) is 28.7. The molecule has 0 saturated carbocycles. The largest absolute Gasteiger partial charge is 0.494 e. The van der Waals surface area contributed by atoms with E-state index in [2.05, 4.69) is 13.8 Å². The van der Waals surface area contributed by atoms with Crippen LogP contribution in [0.4, 0.5) is 0 Å². The van der Waals surface area contributed by atoms with Crippen molar-refractivity contribution in [2.75, 3.05) is 132 Å². The molecule has 0 amide bonds. The Morgan fingerprint density at radius 3 is 0.707 bits per heavy atom. The molecule has 0 N–H and O–H groups in total. The van der Waals surface area contributed by atoms with Crippen molar-refractivity contribution in [3.05, 3.63) is 157 Å². The van der Waals surface area contributed by atoms with Gasteiger partial charge >= 0.3 is 11.9 Å². The highest BCUT2D eigenvalue weighted by Gasteiger charge is 2.12. The summed E-state index contributed by atoms with van der Waals surface area (Å²) >= 11 is 0. The van der Waals surface area contributed by atoms with Crippen molar-refractivity contribution in [2.24, 2.45) is 0 Å². The van der Waals surface area contributed by atoms with E-state index in [0.29, 0.717) is 153 Å². The number of hydrogen-bond acceptors (Lipinski definition) is 16. The fourth-order valence-corrected chi connectivity index (χ4v) is 7.79. The molecule has 0 spiro atoms. The maximum Gasteiger partial charge on any atom is 0.343 e. The Morgan fingerprint density at radius 1 is 0.244 bits per heavy atom. The molecule has 0 atom stereocenters. The summed E-state index contributed by atoms with van der Waals surface area (Å²) in [6.45, 7) is 13.7. The second-order valence-electron chi connectivity index (χ2n) is 18.6. The van der Waals surface area contributed by atoms with E-state index in [1.165, 1.54) is 0 Å². The summed E-state index contributed by atoms with van der Waals surface area (Å²) in [7, 11) is 0. The van der Waals surface area contributed by atoms with Crippen LogP contribution >= 0.6 is 0 Å². The van der Waals surface area contributed by atoms with Crippen molar-refractivity contribution in [2.45, 2.75) is 52.4 Å². The van der Waals surface area contributed by atoms with E-state index in [0.717, 1.165) is 85.5 Å². The molecule has 0 fully saturated rings. The van der Waals surface area contributed by atoms with Crippen LogP contribution in [0.2, 0.25) is 0 Å². The molecule has 0 aliphatic heterocycles. The number of rotatable bonds is 45. The molecule has 0 saturated heterocycles. The number of carbonyl (C=O) groups excluding carboxylic acids is 2. The second-order valence-corrected chi connectivity index (χ2v) is 18.6. The maximum absolute atomic E-state index is 12.8. The fraction of sp³-hybridized carbons (Fsp3) is 0.424. The highest BCUT2D eigenvalue weighted by Crippen LogP contribution is 2.26. The molecule has 0 aromatic heterocycles. The predicted molar refractivity (Wildman–Crippen MR) is 314 cm³/mol. The van der Waals surface area contributed by atoms with Crippen LogP contribution in [0, 0.1) is 0 Å². The zero-order chi connectivity index (χ0) is 57.3. The molecule has 0 heterocycles. The van der Waals surface area contributed by atoms with E-state index in [-0.39, 0.29) is 0 Å². The summed E-state index contributed by atoms with van der Waals surface area (Å²) in [5.74, 6) is 2.98. The van der Waals surface area contributed by atoms with Crippen molar-refractivity contribution < 1.29 is 75.9 Å². The maximum atomic E-state index is 12.8. The summed E-state index contributed by atoms with van der Waals surface area (Å²) in [6.07, 6.45) is 6.76. The molecule has 0 radical (unpaired) electrons. The number of carbonyl (C=O) groups is 2. The first-order valence-electron chi connectivity index (χ1n) is 28.7. The van der Waals surface area contributed by atoms with Crippen molar-refractivity contribution >= 4 is 11.9 Å². The van der Waals surface area contributed by atoms with E-state index >= 15 is 0 Å². The molecule has 0 aliphatic rings. The molecular weight excluding hydrogens is 1050 g/mol. The number of unbranched alkanes of at least 4 members (excludes halogenated alkanes) is 4. The van der Waals surface area contributed by atoms with Gasteiger partial charge in [0, 0.05) is 0 Å². The van der Waals surface area contributed by atoms with Gasteiger partial charge in [-0.3, -0.25) is 0 Å². The normalized spacial score (nSPS) is 11.1. The van der Waals surface area contributed by atoms with Gasteiger partial charge in [-0.15, -0.1) is 0 Å². The van der Waals surface area contributed by atoms with Gasteiger partial charge in [0.2, 0.25) is 0 Å². The van der Waals surface area contributed by atoms with E-state index in [1.807, 2.05) is 72.8 Å². The third-order valence-electron chi connectivity index (χ3n) is 12.3. The number of benzene rings is 6. The predicted octanol–water partition coefficient (Wildman–Crippen LogP) is 12.2. The lowest BCUT2D eigenvalue weighted by molar-refractivity contribution is -0.0241. The van der Waals surface area contributed by atoms with E-state index in [4.69, 9.17) is 66.3 Å². The zero-order valence-corrected chi connectivity index (χ0v) is 47.8. The van der Waals surface area contributed by atoms with Gasteiger partial charge in [-0.2, -0.15) is 0 Å². The van der Waals surface area contributed by atoms with Crippen LogP contribution in [0.15, 0.2) is 146 Å². The van der Waals surface area contributed by atoms with Crippen LogP contribution < -0.4 is 28.4 Å². The summed E-state index contributed by atoms with van der Waals surface area (Å²) in [5.41, 5.74) is 5.01. The average molecular weight is 1130 g/mol. The number of ether oxygens (including phenoxy) is 14. The Labute approximate surface area is 484 Å². The summed E-state index contributed by atoms with van der Waals surface area (Å²) < 4.78 is 78.8. The Hall–Kier alpha value is -6.86. The van der Waals surface area contributed by atoms with Crippen molar-refractivity contribution in [3.63, 3.8) is 0 Å². The molecule has 0 aliphatic carbocycles. The smallest absolute Gasteiger partial charge is 0.343 e. The van der Waals surface area contributed by atoms with Crippen molar-refractivity contribution in [1.82, 2.24) is 0 Å². The Bertz CT molecular complexity index is 2410. The van der Waals surface area contributed by atoms with E-state index in [1.54, 1.807) is 72.8 Å². The van der Waals surface area contributed by atoms with E-state index < -0.39 is 11.9 Å². The van der Waals surface area contributed by atoms with E-state index in [9.17, 15) is 9.59 Å². The standard InChI is InChI=1S/C66H82O16/c1-3-5-7-33-77-59-21-17-55(18-22-59)53-9-13-57(14-10-53)65(67)81-63-29-25-61(26-30-63)79-51-49-75-47-45-73-43-41-71-39-37-69-35-36-70-38-40-72-42-44-74-46-48-76-50-52-80-62-27-31-64(32-28-62)82-66(68)58-15-11-54(12-16-58)56-19-23-60(24-20-56)78-34-8-6-4-2/h9-32H,3-8,33-52H2,1-2H3. The summed E-state index contributed by atoms with van der Waals surface area (Å²) in [5, 5.41) is 0. The molecule has 6 aromatic carbocycles. The molecular formula is C66H82O16. The van der Waals surface area contributed by atoms with Crippen molar-refractivity contribution in [3.8, 4) is 56.8 Å². The van der Waals surface area contributed by atoms with Crippen molar-refractivity contribution in [1.29, 1.82) is 0 Å². The van der Waals surface area contributed by atoms with Gasteiger partial charge in [0.05, 0.1) is 130 Å². The molecule has 6 rings (SSSR count). The van der Waals surface area contributed by atoms with Gasteiger partial charge in [0.1, 0.15) is 47.7 Å². The van der Waals surface area contributed by atoms with Gasteiger partial charge < -0.3 is 66.3 Å². The molecule has 0 bridgehead atoms. The minimum Gasteiger partial charge on any atom is -0.494 e. The molecule has 82 heavy (non-hydrogen) atoms. The monoisotopic (exact) mass is 1130 g/mol. The average Bonchev–Trinajstić information content (AvgIpc) is 3.62. The molecule has 16 nitrogen and oxygen atoms in total. The van der Waals surface area contributed by atoms with Gasteiger partial charge in [0.15, 0.2) is 0 Å². The van der Waals surface area contributed by atoms with Gasteiger partial charge in [-0.05, 0) is 132 Å². The Balaban J connectivity index is 0.641. The molecule has 442 valence electrons. The lowest BCUT2D eigenvalue weighted by Crippen LogP contribution is -2.15. The van der Waals surface area contributed by atoms with Crippen LogP contribution in [0.5, 0.6) is 34.5 Å². The van der Waals surface area contributed by atoms with Crippen LogP contribution in [0.25, 0.3) is 22.3 Å². The third-order valence-corrected chi connectivity index (χ3v) is 12.3. The molecule has 16 heteroatoms. The van der Waals surface area contributed by atoms with Gasteiger partial charge in [-0.1, -0.05) is 88.1 Å². The minimum absolute atomic E-state index is 0.366. The van der Waals surface area contributed by atoms with Crippen LogP contribution in [0.1, 0.15) is 73.1 Å². The fourth-order valence-electron chi connectivity index (χ4n) is 7.79. The SMILES string of the molecule is CCCCCOc1ccc(-c2ccc(C(=O)Oc3ccc(OCCOCCOCCOCCOCCOCCOCCOCCOCCOc4ccc(OC(=O)c5ccc(-c6ccc(OCCCCC)cc6)cc5)cc4)cc3)cc2)cc1. The first kappa shape index (κ1) is 64.3. The Kier molecular flexibility index (Phi) is 31.6. The topological polar surface area (TPSA) is 163 Å². The second kappa shape index (κ2) is 40.4. The number of hydrogen-bond donors (Lipinski definition) is 0. The summed E-state index contributed by atoms with van der Waals surface area (Å²) in [4.78, 5) is 25.6. The molecule has 6 aromatic rings. The van der Waals surface area contributed by atoms with Gasteiger partial charge in [-0.25, -0.2) is 9.59 Å². The first-order chi connectivity index (χ1) is 40.5. The van der Waals surface area contributed by atoms with Crippen LogP contribution in [-0.4, -0.2) is 144 Å². The Morgan fingerprint density at radius 2 is 0.451 bits per heavy atom. The lowest BCUT2D eigenvalue weighted by atomic mass is 10.0. The number of esters is 2. The zero-order valence-electron chi connectivity index (χ0n) is 47.8. The summed E-state index contributed by atoms with van der Waals surface area (Å²) in [6, 6.07) is 44.5. The molecule has 0 unspecified atom stereocenters. The lowest BCUT2D eigenvalue weighted by Gasteiger charge is -2.10. The van der Waals surface area contributed by atoms with Crippen LogP contribution in [0.3, 0.4) is 0 Å². The highest BCUT2D eigenvalue weighted by molar-refractivity contribution is 5.92. The highest BCUT2D eigenvalue weighted by atomic mass is 16.6.